The largest absolute Gasteiger partial charge is 0.356 e. The fourth-order valence-corrected chi connectivity index (χ4v) is 3.82. The molecule has 2 N–H and O–H groups in total. The Morgan fingerprint density at radius 1 is 1.27 bits per heavy atom. The molecule has 0 spiro atoms. The molecule has 3 aromatic rings. The van der Waals surface area contributed by atoms with Gasteiger partial charge in [0.25, 0.3) is 0 Å². The zero-order chi connectivity index (χ0) is 20.1. The summed E-state index contributed by atoms with van der Waals surface area (Å²) in [7, 11) is 1.80. The fourth-order valence-electron chi connectivity index (χ4n) is 3.58. The minimum atomic E-state index is 0. The molecule has 1 aliphatic rings. The summed E-state index contributed by atoms with van der Waals surface area (Å²) in [4.78, 5) is 11.0. The first-order chi connectivity index (χ1) is 14.2. The highest BCUT2D eigenvalue weighted by Gasteiger charge is 2.25. The van der Waals surface area contributed by atoms with Gasteiger partial charge in [0.15, 0.2) is 11.6 Å². The van der Waals surface area contributed by atoms with Crippen LogP contribution in [0.15, 0.2) is 47.7 Å². The van der Waals surface area contributed by atoms with Gasteiger partial charge in [-0.05, 0) is 37.1 Å². The second-order valence-corrected chi connectivity index (χ2v) is 7.44. The van der Waals surface area contributed by atoms with Crippen LogP contribution >= 0.6 is 35.6 Å². The van der Waals surface area contributed by atoms with Crippen LogP contribution in [0, 0.1) is 0 Å². The van der Waals surface area contributed by atoms with Crippen LogP contribution in [-0.2, 0) is 6.42 Å². The molecule has 0 radical (unpaired) electrons. The molecule has 1 aliphatic heterocycles. The molecule has 4 heterocycles. The Labute approximate surface area is 198 Å². The number of aliphatic imine (C=N–C) groups is 1. The van der Waals surface area contributed by atoms with Crippen molar-refractivity contribution in [3.8, 4) is 0 Å². The molecule has 160 valence electrons. The van der Waals surface area contributed by atoms with Crippen LogP contribution < -0.4 is 15.5 Å². The highest BCUT2D eigenvalue weighted by atomic mass is 127. The van der Waals surface area contributed by atoms with Gasteiger partial charge in [-0.3, -0.25) is 9.39 Å². The van der Waals surface area contributed by atoms with Gasteiger partial charge in [-0.2, -0.15) is 0 Å². The zero-order valence-corrected chi connectivity index (χ0v) is 19.9. The number of nitrogens with zero attached hydrogens (tertiary/aromatic N) is 6. The van der Waals surface area contributed by atoms with Gasteiger partial charge in [0, 0.05) is 51.5 Å². The van der Waals surface area contributed by atoms with E-state index in [1.165, 1.54) is 0 Å². The number of fused-ring (bicyclic) bond motifs is 1. The average Bonchev–Trinajstić information content (AvgIpc) is 3.38. The molecule has 8 nitrogen and oxygen atoms in total. The first-order valence-corrected chi connectivity index (χ1v) is 10.2. The third kappa shape index (κ3) is 5.31. The van der Waals surface area contributed by atoms with Crippen LogP contribution in [0.2, 0.25) is 5.02 Å². The third-order valence-corrected chi connectivity index (χ3v) is 5.34. The number of hydrogen-bond donors (Lipinski definition) is 2. The molecule has 1 unspecified atom stereocenters. The maximum Gasteiger partial charge on any atom is 0.191 e. The lowest BCUT2D eigenvalue weighted by atomic mass is 10.2. The fraction of sp³-hybridized carbons (Fsp3) is 0.400. The van der Waals surface area contributed by atoms with Crippen LogP contribution in [0.5, 0.6) is 0 Å². The Morgan fingerprint density at radius 2 is 2.17 bits per heavy atom. The van der Waals surface area contributed by atoms with Gasteiger partial charge in [-0.15, -0.1) is 34.2 Å². The van der Waals surface area contributed by atoms with E-state index < -0.39 is 0 Å². The number of rotatable bonds is 6. The molecule has 0 aromatic carbocycles. The molecule has 4 rings (SSSR count). The molecular weight excluding hydrogens is 515 g/mol. The van der Waals surface area contributed by atoms with E-state index in [4.69, 9.17) is 11.6 Å². The summed E-state index contributed by atoms with van der Waals surface area (Å²) in [5.74, 6) is 2.64. The standard InChI is InChI=1S/C20H25ClN8.HI/c1-22-20(24-11-5-8-18-27-26-17-7-2-3-12-29(17)18)25-15-9-13-28(14-15)19-16(21)6-4-10-23-19;/h2-4,6-7,10,12,15H,5,8-9,11,13-14H2,1H3,(H2,22,24,25);1H. The van der Waals surface area contributed by atoms with Crippen molar-refractivity contribution in [1.82, 2.24) is 30.2 Å². The molecule has 1 fully saturated rings. The first kappa shape index (κ1) is 22.5. The van der Waals surface area contributed by atoms with Crippen molar-refractivity contribution < 1.29 is 0 Å². The topological polar surface area (TPSA) is 82.7 Å². The SMILES string of the molecule is CN=C(NCCCc1nnc2ccccn12)NC1CCN(c2ncccc2Cl)C1.I. The molecule has 30 heavy (non-hydrogen) atoms. The summed E-state index contributed by atoms with van der Waals surface area (Å²) in [5, 5.41) is 16.1. The monoisotopic (exact) mass is 540 g/mol. The number of pyridine rings is 2. The second-order valence-electron chi connectivity index (χ2n) is 7.03. The third-order valence-electron chi connectivity index (χ3n) is 5.05. The van der Waals surface area contributed by atoms with E-state index in [0.717, 1.165) is 62.1 Å². The molecular formula is C20H26ClIN8. The van der Waals surface area contributed by atoms with Crippen LogP contribution in [-0.4, -0.2) is 58.3 Å². The minimum absolute atomic E-state index is 0. The number of nitrogens with one attached hydrogen (secondary N) is 2. The van der Waals surface area contributed by atoms with Gasteiger partial charge in [0.2, 0.25) is 0 Å². The van der Waals surface area contributed by atoms with Crippen LogP contribution in [0.4, 0.5) is 5.82 Å². The van der Waals surface area contributed by atoms with Crippen molar-refractivity contribution in [2.75, 3.05) is 31.6 Å². The van der Waals surface area contributed by atoms with Crippen molar-refractivity contribution in [2.24, 2.45) is 4.99 Å². The summed E-state index contributed by atoms with van der Waals surface area (Å²) >= 11 is 6.28. The summed E-state index contributed by atoms with van der Waals surface area (Å²) in [5.41, 5.74) is 0.881. The maximum absolute atomic E-state index is 6.28. The molecule has 0 saturated carbocycles. The van der Waals surface area contributed by atoms with Gasteiger partial charge >= 0.3 is 0 Å². The number of aryl methyl sites for hydroxylation is 1. The molecule has 0 aliphatic carbocycles. The Hall–Kier alpha value is -2.14. The number of guanidine groups is 1. The summed E-state index contributed by atoms with van der Waals surface area (Å²) in [6, 6.07) is 9.96. The van der Waals surface area contributed by atoms with Gasteiger partial charge in [-0.25, -0.2) is 4.98 Å². The van der Waals surface area contributed by atoms with E-state index in [1.807, 2.05) is 40.9 Å². The van der Waals surface area contributed by atoms with Crippen molar-refractivity contribution in [3.05, 3.63) is 53.6 Å². The lowest BCUT2D eigenvalue weighted by Crippen LogP contribution is -2.45. The predicted octanol–water partition coefficient (Wildman–Crippen LogP) is 2.77. The first-order valence-electron chi connectivity index (χ1n) is 9.86. The van der Waals surface area contributed by atoms with E-state index in [0.29, 0.717) is 11.1 Å². The second kappa shape index (κ2) is 10.8. The van der Waals surface area contributed by atoms with Crippen molar-refractivity contribution in [3.63, 3.8) is 0 Å². The lowest BCUT2D eigenvalue weighted by Gasteiger charge is -2.20. The highest BCUT2D eigenvalue weighted by Crippen LogP contribution is 2.25. The van der Waals surface area contributed by atoms with E-state index in [9.17, 15) is 0 Å². The van der Waals surface area contributed by atoms with Crippen LogP contribution in [0.3, 0.4) is 0 Å². The Bertz CT molecular complexity index is 992. The Morgan fingerprint density at radius 3 is 3.00 bits per heavy atom. The van der Waals surface area contributed by atoms with Gasteiger partial charge in [0.05, 0.1) is 5.02 Å². The van der Waals surface area contributed by atoms with Crippen molar-refractivity contribution in [2.45, 2.75) is 25.3 Å². The van der Waals surface area contributed by atoms with Crippen molar-refractivity contribution in [1.29, 1.82) is 0 Å². The summed E-state index contributed by atoms with van der Waals surface area (Å²) in [6.45, 7) is 2.58. The summed E-state index contributed by atoms with van der Waals surface area (Å²) < 4.78 is 2.03. The molecule has 1 saturated heterocycles. The Kier molecular flexibility index (Phi) is 8.08. The number of halogens is 2. The van der Waals surface area contributed by atoms with Crippen LogP contribution in [0.25, 0.3) is 5.65 Å². The smallest absolute Gasteiger partial charge is 0.191 e. The van der Waals surface area contributed by atoms with E-state index >= 15 is 0 Å². The highest BCUT2D eigenvalue weighted by molar-refractivity contribution is 14.0. The van der Waals surface area contributed by atoms with Crippen molar-refractivity contribution >= 4 is 53.0 Å². The average molecular weight is 541 g/mol. The van der Waals surface area contributed by atoms with Gasteiger partial charge in [0.1, 0.15) is 11.6 Å². The number of anilines is 1. The van der Waals surface area contributed by atoms with E-state index in [1.54, 1.807) is 13.2 Å². The molecule has 3 aromatic heterocycles. The quantitative estimate of drug-likeness (QED) is 0.217. The predicted molar refractivity (Wildman–Crippen MR) is 131 cm³/mol. The molecule has 0 bridgehead atoms. The van der Waals surface area contributed by atoms with E-state index in [-0.39, 0.29) is 24.0 Å². The molecule has 10 heteroatoms. The van der Waals surface area contributed by atoms with Gasteiger partial charge < -0.3 is 15.5 Å². The normalized spacial score (nSPS) is 16.5. The Balaban J connectivity index is 0.00000256. The maximum atomic E-state index is 6.28. The number of hydrogen-bond acceptors (Lipinski definition) is 5. The molecule has 1 atom stereocenters. The van der Waals surface area contributed by atoms with E-state index in [2.05, 4.69) is 35.7 Å². The lowest BCUT2D eigenvalue weighted by molar-refractivity contribution is 0.640. The summed E-state index contributed by atoms with van der Waals surface area (Å²) in [6.07, 6.45) is 6.58. The van der Waals surface area contributed by atoms with Crippen LogP contribution in [0.1, 0.15) is 18.7 Å². The number of aromatic nitrogens is 4. The molecule has 0 amide bonds. The van der Waals surface area contributed by atoms with Gasteiger partial charge in [-0.1, -0.05) is 17.7 Å². The zero-order valence-electron chi connectivity index (χ0n) is 16.8. The minimum Gasteiger partial charge on any atom is -0.356 e.